The summed E-state index contributed by atoms with van der Waals surface area (Å²) in [5.74, 6) is -1.26. The SMILES string of the molecule is CCc1ccc(NC(=O)[C@H](C)OC(=O)c2cccc(S(=O)(=O)N(C)C)c2)cc1. The van der Waals surface area contributed by atoms with Crippen molar-refractivity contribution in [3.8, 4) is 0 Å². The lowest BCUT2D eigenvalue weighted by Crippen LogP contribution is -2.30. The van der Waals surface area contributed by atoms with Gasteiger partial charge in [0.1, 0.15) is 0 Å². The first kappa shape index (κ1) is 21.6. The van der Waals surface area contributed by atoms with Crippen LogP contribution in [-0.4, -0.2) is 44.8 Å². The van der Waals surface area contributed by atoms with Crippen molar-refractivity contribution in [2.24, 2.45) is 0 Å². The van der Waals surface area contributed by atoms with Gasteiger partial charge in [-0.3, -0.25) is 4.79 Å². The van der Waals surface area contributed by atoms with E-state index in [-0.39, 0.29) is 10.5 Å². The van der Waals surface area contributed by atoms with Crippen LogP contribution in [0.15, 0.2) is 53.4 Å². The molecule has 8 heteroatoms. The van der Waals surface area contributed by atoms with E-state index >= 15 is 0 Å². The van der Waals surface area contributed by atoms with E-state index in [0.29, 0.717) is 5.69 Å². The summed E-state index contributed by atoms with van der Waals surface area (Å²) in [4.78, 5) is 24.6. The Kier molecular flexibility index (Phi) is 6.93. The fourth-order valence-electron chi connectivity index (χ4n) is 2.34. The van der Waals surface area contributed by atoms with Crippen LogP contribution in [0, 0.1) is 0 Å². The van der Waals surface area contributed by atoms with E-state index < -0.39 is 28.0 Å². The molecule has 0 bridgehead atoms. The van der Waals surface area contributed by atoms with Gasteiger partial charge in [-0.2, -0.15) is 0 Å². The number of amides is 1. The highest BCUT2D eigenvalue weighted by atomic mass is 32.2. The molecule has 2 aromatic rings. The van der Waals surface area contributed by atoms with Crippen LogP contribution in [-0.2, 0) is 26.0 Å². The summed E-state index contributed by atoms with van der Waals surface area (Å²) in [6.07, 6.45) is -0.155. The van der Waals surface area contributed by atoms with Crippen LogP contribution >= 0.6 is 0 Å². The van der Waals surface area contributed by atoms with E-state index in [4.69, 9.17) is 4.74 Å². The average Bonchev–Trinajstić information content (AvgIpc) is 2.68. The lowest BCUT2D eigenvalue weighted by atomic mass is 10.1. The summed E-state index contributed by atoms with van der Waals surface area (Å²) in [7, 11) is -0.873. The second kappa shape index (κ2) is 8.99. The first-order valence-electron chi connectivity index (χ1n) is 8.78. The number of aryl methyl sites for hydroxylation is 1. The van der Waals surface area contributed by atoms with Gasteiger partial charge in [-0.25, -0.2) is 17.5 Å². The molecule has 1 amide bonds. The van der Waals surface area contributed by atoms with Gasteiger partial charge in [0, 0.05) is 19.8 Å². The number of anilines is 1. The molecule has 0 fully saturated rings. The molecule has 0 aromatic heterocycles. The molecular weight excluding hydrogens is 380 g/mol. The second-order valence-electron chi connectivity index (χ2n) is 6.40. The number of carbonyl (C=O) groups is 2. The largest absolute Gasteiger partial charge is 0.449 e. The second-order valence-corrected chi connectivity index (χ2v) is 8.55. The van der Waals surface area contributed by atoms with Crippen molar-refractivity contribution < 1.29 is 22.7 Å². The van der Waals surface area contributed by atoms with Crippen LogP contribution in [0.5, 0.6) is 0 Å². The number of nitrogens with zero attached hydrogens (tertiary/aromatic N) is 1. The number of sulfonamides is 1. The van der Waals surface area contributed by atoms with E-state index in [9.17, 15) is 18.0 Å². The zero-order valence-corrected chi connectivity index (χ0v) is 17.1. The topological polar surface area (TPSA) is 92.8 Å². The van der Waals surface area contributed by atoms with Gasteiger partial charge in [-0.05, 0) is 49.2 Å². The monoisotopic (exact) mass is 404 g/mol. The Labute approximate surface area is 165 Å². The summed E-state index contributed by atoms with van der Waals surface area (Å²) in [6.45, 7) is 3.49. The molecule has 1 N–H and O–H groups in total. The molecule has 28 heavy (non-hydrogen) atoms. The Morgan fingerprint density at radius 2 is 1.75 bits per heavy atom. The van der Waals surface area contributed by atoms with Gasteiger partial charge in [0.2, 0.25) is 10.0 Å². The van der Waals surface area contributed by atoms with E-state index in [1.54, 1.807) is 12.1 Å². The molecule has 0 saturated carbocycles. The van der Waals surface area contributed by atoms with Crippen LogP contribution < -0.4 is 5.32 Å². The van der Waals surface area contributed by atoms with Crippen LogP contribution in [0.4, 0.5) is 5.69 Å². The fourth-order valence-corrected chi connectivity index (χ4v) is 3.29. The summed E-state index contributed by atoms with van der Waals surface area (Å²) >= 11 is 0. The lowest BCUT2D eigenvalue weighted by molar-refractivity contribution is -0.123. The Balaban J connectivity index is 2.06. The number of esters is 1. The summed E-state index contributed by atoms with van der Waals surface area (Å²) in [5.41, 5.74) is 1.80. The molecule has 7 nitrogen and oxygen atoms in total. The molecular formula is C20H24N2O5S. The third kappa shape index (κ3) is 5.17. The standard InChI is InChI=1S/C20H24N2O5S/c1-5-15-9-11-17(12-10-15)21-19(23)14(2)27-20(24)16-7-6-8-18(13-16)28(25,26)22(3)4/h6-14H,5H2,1-4H3,(H,21,23)/t14-/m0/s1. The van der Waals surface area contributed by atoms with Gasteiger partial charge in [-0.1, -0.05) is 25.1 Å². The van der Waals surface area contributed by atoms with E-state index in [2.05, 4.69) is 5.32 Å². The van der Waals surface area contributed by atoms with Crippen LogP contribution in [0.3, 0.4) is 0 Å². The quantitative estimate of drug-likeness (QED) is 0.716. The Bertz CT molecular complexity index is 953. The zero-order chi connectivity index (χ0) is 20.9. The normalized spacial score (nSPS) is 12.5. The van der Waals surface area contributed by atoms with Crippen molar-refractivity contribution >= 4 is 27.6 Å². The van der Waals surface area contributed by atoms with Crippen molar-refractivity contribution in [1.82, 2.24) is 4.31 Å². The maximum Gasteiger partial charge on any atom is 0.338 e. The number of hydrogen-bond donors (Lipinski definition) is 1. The molecule has 0 aliphatic carbocycles. The zero-order valence-electron chi connectivity index (χ0n) is 16.3. The number of rotatable bonds is 7. The molecule has 0 radical (unpaired) electrons. The lowest BCUT2D eigenvalue weighted by Gasteiger charge is -2.15. The number of hydrogen-bond acceptors (Lipinski definition) is 5. The smallest absolute Gasteiger partial charge is 0.338 e. The molecule has 0 spiro atoms. The minimum absolute atomic E-state index is 0.0277. The van der Waals surface area contributed by atoms with Gasteiger partial charge in [-0.15, -0.1) is 0 Å². The molecule has 1 atom stereocenters. The van der Waals surface area contributed by atoms with Gasteiger partial charge in [0.05, 0.1) is 10.5 Å². The van der Waals surface area contributed by atoms with Crippen molar-refractivity contribution in [3.63, 3.8) is 0 Å². The predicted octanol–water partition coefficient (Wildman–Crippen LogP) is 2.68. The van der Waals surface area contributed by atoms with E-state index in [1.807, 2.05) is 19.1 Å². The predicted molar refractivity (Wildman–Crippen MR) is 107 cm³/mol. The van der Waals surface area contributed by atoms with Crippen LogP contribution in [0.25, 0.3) is 0 Å². The van der Waals surface area contributed by atoms with E-state index in [0.717, 1.165) is 16.3 Å². The highest BCUT2D eigenvalue weighted by Crippen LogP contribution is 2.16. The average molecular weight is 404 g/mol. The maximum atomic E-state index is 12.3. The van der Waals surface area contributed by atoms with Gasteiger partial charge < -0.3 is 10.1 Å². The third-order valence-corrected chi connectivity index (χ3v) is 5.94. The molecule has 150 valence electrons. The highest BCUT2D eigenvalue weighted by molar-refractivity contribution is 7.89. The number of ether oxygens (including phenoxy) is 1. The minimum atomic E-state index is -3.68. The first-order chi connectivity index (χ1) is 13.1. The molecule has 0 aliphatic rings. The number of carbonyl (C=O) groups excluding carboxylic acids is 2. The number of benzene rings is 2. The number of nitrogens with one attached hydrogen (secondary N) is 1. The Hall–Kier alpha value is -2.71. The molecule has 0 unspecified atom stereocenters. The Morgan fingerprint density at radius 3 is 2.32 bits per heavy atom. The fraction of sp³-hybridized carbons (Fsp3) is 0.300. The minimum Gasteiger partial charge on any atom is -0.449 e. The van der Waals surface area contributed by atoms with Gasteiger partial charge >= 0.3 is 5.97 Å². The molecule has 2 aromatic carbocycles. The van der Waals surface area contributed by atoms with Crippen LogP contribution in [0.1, 0.15) is 29.8 Å². The summed E-state index contributed by atoms with van der Waals surface area (Å²) in [6, 6.07) is 12.9. The maximum absolute atomic E-state index is 12.3. The van der Waals surface area contributed by atoms with E-state index in [1.165, 1.54) is 45.3 Å². The molecule has 0 saturated heterocycles. The third-order valence-electron chi connectivity index (χ3n) is 4.13. The summed E-state index contributed by atoms with van der Waals surface area (Å²) < 4.78 is 30.6. The molecule has 0 aliphatic heterocycles. The Morgan fingerprint density at radius 1 is 1.11 bits per heavy atom. The van der Waals surface area contributed by atoms with Crippen molar-refractivity contribution in [3.05, 3.63) is 59.7 Å². The molecule has 0 heterocycles. The van der Waals surface area contributed by atoms with Crippen molar-refractivity contribution in [2.75, 3.05) is 19.4 Å². The first-order valence-corrected chi connectivity index (χ1v) is 10.2. The summed E-state index contributed by atoms with van der Waals surface area (Å²) in [5, 5.41) is 2.68. The van der Waals surface area contributed by atoms with Gasteiger partial charge in [0.25, 0.3) is 5.91 Å². The van der Waals surface area contributed by atoms with Gasteiger partial charge in [0.15, 0.2) is 6.10 Å². The van der Waals surface area contributed by atoms with Crippen molar-refractivity contribution in [2.45, 2.75) is 31.3 Å². The highest BCUT2D eigenvalue weighted by Gasteiger charge is 2.22. The molecule has 2 rings (SSSR count). The van der Waals surface area contributed by atoms with Crippen molar-refractivity contribution in [1.29, 1.82) is 0 Å². The van der Waals surface area contributed by atoms with Crippen LogP contribution in [0.2, 0.25) is 0 Å².